The van der Waals surface area contributed by atoms with Crippen LogP contribution in [0.15, 0.2) is 18.2 Å². The average molecular weight is 347 g/mol. The first-order chi connectivity index (χ1) is 12.1. The van der Waals surface area contributed by atoms with E-state index in [4.69, 9.17) is 14.6 Å². The van der Waals surface area contributed by atoms with Crippen molar-refractivity contribution in [1.82, 2.24) is 4.90 Å². The Morgan fingerprint density at radius 1 is 1.36 bits per heavy atom. The van der Waals surface area contributed by atoms with Gasteiger partial charge in [0.1, 0.15) is 5.75 Å². The molecule has 4 rings (SSSR count). The molecule has 1 heterocycles. The van der Waals surface area contributed by atoms with Gasteiger partial charge in [0.2, 0.25) is 0 Å². The summed E-state index contributed by atoms with van der Waals surface area (Å²) in [7, 11) is 3.89. The monoisotopic (exact) mass is 347 g/mol. The maximum absolute atomic E-state index is 11.0. The van der Waals surface area contributed by atoms with Gasteiger partial charge in [0.25, 0.3) is 0 Å². The molecule has 2 bridgehead atoms. The van der Waals surface area contributed by atoms with Crippen molar-refractivity contribution >= 4 is 0 Å². The van der Waals surface area contributed by atoms with E-state index in [1.165, 1.54) is 11.1 Å². The summed E-state index contributed by atoms with van der Waals surface area (Å²) in [6.07, 6.45) is 3.22. The van der Waals surface area contributed by atoms with Gasteiger partial charge < -0.3 is 24.6 Å². The summed E-state index contributed by atoms with van der Waals surface area (Å²) in [5.41, 5.74) is 2.66. The van der Waals surface area contributed by atoms with E-state index in [0.29, 0.717) is 19.1 Å². The molecule has 1 saturated carbocycles. The Hall–Kier alpha value is -1.14. The molecule has 1 saturated heterocycles. The highest BCUT2D eigenvalue weighted by Gasteiger charge is 2.58. The molecule has 2 N–H and O–H groups in total. The molecule has 1 unspecified atom stereocenters. The average Bonchev–Trinajstić information content (AvgIpc) is 2.62. The van der Waals surface area contributed by atoms with E-state index >= 15 is 0 Å². The lowest BCUT2D eigenvalue weighted by Crippen LogP contribution is -2.65. The van der Waals surface area contributed by atoms with Crippen LogP contribution >= 0.6 is 0 Å². The highest BCUT2D eigenvalue weighted by atomic mass is 16.5. The zero-order chi connectivity index (χ0) is 17.6. The van der Waals surface area contributed by atoms with Crippen molar-refractivity contribution in [3.63, 3.8) is 0 Å². The topological polar surface area (TPSA) is 62.2 Å². The van der Waals surface area contributed by atoms with Crippen LogP contribution in [0.5, 0.6) is 5.75 Å². The highest BCUT2D eigenvalue weighted by Crippen LogP contribution is 2.56. The quantitative estimate of drug-likeness (QED) is 0.861. The summed E-state index contributed by atoms with van der Waals surface area (Å²) < 4.78 is 11.4. The van der Waals surface area contributed by atoms with Crippen molar-refractivity contribution in [1.29, 1.82) is 0 Å². The Morgan fingerprint density at radius 3 is 2.96 bits per heavy atom. The number of hydrogen-bond acceptors (Lipinski definition) is 5. The van der Waals surface area contributed by atoms with E-state index in [0.717, 1.165) is 31.6 Å². The molecule has 5 atom stereocenters. The molecule has 0 spiro atoms. The number of piperidine rings is 1. The van der Waals surface area contributed by atoms with Crippen molar-refractivity contribution in [2.45, 2.75) is 49.3 Å². The van der Waals surface area contributed by atoms with Crippen LogP contribution in [0.1, 0.15) is 30.4 Å². The van der Waals surface area contributed by atoms with Crippen LogP contribution in [0.4, 0.5) is 0 Å². The number of nitrogens with zero attached hydrogens (tertiary/aromatic N) is 1. The molecule has 25 heavy (non-hydrogen) atoms. The van der Waals surface area contributed by atoms with Gasteiger partial charge in [-0.25, -0.2) is 0 Å². The van der Waals surface area contributed by atoms with Crippen LogP contribution in [0.25, 0.3) is 0 Å². The van der Waals surface area contributed by atoms with E-state index in [1.54, 1.807) is 7.11 Å². The van der Waals surface area contributed by atoms with Crippen molar-refractivity contribution in [2.75, 3.05) is 33.9 Å². The van der Waals surface area contributed by atoms with Gasteiger partial charge in [-0.05, 0) is 62.5 Å². The number of likely N-dealkylation sites (tertiary alicyclic amines) is 1. The van der Waals surface area contributed by atoms with Crippen LogP contribution in [0.2, 0.25) is 0 Å². The second-order valence-corrected chi connectivity index (χ2v) is 7.93. The summed E-state index contributed by atoms with van der Waals surface area (Å²) in [6.45, 7) is 1.41. The third-order valence-electron chi connectivity index (χ3n) is 6.77. The first-order valence-corrected chi connectivity index (χ1v) is 9.37. The van der Waals surface area contributed by atoms with Gasteiger partial charge in [0.05, 0.1) is 32.5 Å². The van der Waals surface area contributed by atoms with Crippen LogP contribution in [-0.2, 0) is 16.6 Å². The second-order valence-electron chi connectivity index (χ2n) is 7.93. The zero-order valence-electron chi connectivity index (χ0n) is 15.1. The fourth-order valence-electron chi connectivity index (χ4n) is 5.72. The summed E-state index contributed by atoms with van der Waals surface area (Å²) >= 11 is 0. The molecule has 0 radical (unpaired) electrons. The Morgan fingerprint density at radius 2 is 2.20 bits per heavy atom. The number of aliphatic hydroxyl groups is 2. The summed E-state index contributed by atoms with van der Waals surface area (Å²) in [5.74, 6) is 1.12. The van der Waals surface area contributed by atoms with Crippen LogP contribution in [0.3, 0.4) is 0 Å². The second kappa shape index (κ2) is 6.54. The number of aliphatic hydroxyl groups excluding tert-OH is 2. The lowest BCUT2D eigenvalue weighted by atomic mass is 9.51. The molecule has 3 aliphatic rings. The van der Waals surface area contributed by atoms with E-state index in [-0.39, 0.29) is 30.1 Å². The predicted octanol–water partition coefficient (Wildman–Crippen LogP) is 1.34. The maximum atomic E-state index is 11.0. The molecule has 1 aromatic carbocycles. The van der Waals surface area contributed by atoms with Gasteiger partial charge in [0, 0.05) is 17.4 Å². The zero-order valence-corrected chi connectivity index (χ0v) is 15.1. The Balaban J connectivity index is 1.79. The molecular formula is C20H29NO4. The normalized spacial score (nSPS) is 37.3. The van der Waals surface area contributed by atoms with E-state index < -0.39 is 0 Å². The van der Waals surface area contributed by atoms with E-state index in [9.17, 15) is 5.11 Å². The number of rotatable bonds is 4. The molecule has 1 aliphatic heterocycles. The predicted molar refractivity (Wildman–Crippen MR) is 95.0 cm³/mol. The van der Waals surface area contributed by atoms with Crippen molar-refractivity contribution in [3.8, 4) is 5.75 Å². The summed E-state index contributed by atoms with van der Waals surface area (Å²) in [4.78, 5) is 2.42. The molecule has 1 aromatic rings. The van der Waals surface area contributed by atoms with Gasteiger partial charge in [-0.3, -0.25) is 0 Å². The Labute approximate surface area is 149 Å². The molecule has 2 aliphatic carbocycles. The molecular weight excluding hydrogens is 318 g/mol. The van der Waals surface area contributed by atoms with Crippen LogP contribution in [-0.4, -0.2) is 67.3 Å². The van der Waals surface area contributed by atoms with Crippen LogP contribution in [0, 0.1) is 5.92 Å². The third-order valence-corrected chi connectivity index (χ3v) is 6.77. The minimum Gasteiger partial charge on any atom is -0.497 e. The maximum Gasteiger partial charge on any atom is 0.119 e. The largest absolute Gasteiger partial charge is 0.497 e. The van der Waals surface area contributed by atoms with Crippen molar-refractivity contribution in [3.05, 3.63) is 29.3 Å². The Kier molecular flexibility index (Phi) is 4.52. The number of ether oxygens (including phenoxy) is 2. The SMILES string of the molecule is COc1ccc2c(c1)C13CCN(C)[C@H](C2)[C@H]1[C@H](O)C[C@@H](OCCO)C3. The van der Waals surface area contributed by atoms with E-state index in [1.807, 2.05) is 6.07 Å². The summed E-state index contributed by atoms with van der Waals surface area (Å²) in [6, 6.07) is 6.81. The lowest BCUT2D eigenvalue weighted by Gasteiger charge is -2.60. The third kappa shape index (κ3) is 2.69. The molecule has 0 aromatic heterocycles. The molecule has 0 amide bonds. The van der Waals surface area contributed by atoms with Gasteiger partial charge in [0.15, 0.2) is 0 Å². The number of methoxy groups -OCH3 is 1. The molecule has 5 heteroatoms. The number of benzene rings is 1. The molecule has 5 nitrogen and oxygen atoms in total. The molecule has 2 fully saturated rings. The number of fused-ring (bicyclic) bond motifs is 1. The highest BCUT2D eigenvalue weighted by molar-refractivity contribution is 5.46. The minimum atomic E-state index is -0.371. The number of hydrogen-bond donors (Lipinski definition) is 2. The van der Waals surface area contributed by atoms with Gasteiger partial charge in [-0.2, -0.15) is 0 Å². The van der Waals surface area contributed by atoms with E-state index in [2.05, 4.69) is 24.1 Å². The van der Waals surface area contributed by atoms with Gasteiger partial charge >= 0.3 is 0 Å². The van der Waals surface area contributed by atoms with Crippen molar-refractivity contribution in [2.24, 2.45) is 5.92 Å². The van der Waals surface area contributed by atoms with Crippen molar-refractivity contribution < 1.29 is 19.7 Å². The first kappa shape index (κ1) is 17.3. The summed E-state index contributed by atoms with van der Waals surface area (Å²) in [5, 5.41) is 20.2. The van der Waals surface area contributed by atoms with Crippen LogP contribution < -0.4 is 4.74 Å². The smallest absolute Gasteiger partial charge is 0.119 e. The standard InChI is InChI=1S/C20H29NO4/c1-21-6-5-20-12-15(25-8-7-22)11-18(23)19(20)17(21)9-13-3-4-14(24-2)10-16(13)20/h3-4,10,15,17-19,22-23H,5-9,11-12H2,1-2H3/t15-,17-,18-,19+,20?/m1/s1. The fraction of sp³-hybridized carbons (Fsp3) is 0.700. The minimum absolute atomic E-state index is 0.000364. The molecule has 138 valence electrons. The van der Waals surface area contributed by atoms with Gasteiger partial charge in [-0.1, -0.05) is 6.07 Å². The Bertz CT molecular complexity index is 636. The van der Waals surface area contributed by atoms with Gasteiger partial charge in [-0.15, -0.1) is 0 Å². The lowest BCUT2D eigenvalue weighted by molar-refractivity contribution is -0.127. The fourth-order valence-corrected chi connectivity index (χ4v) is 5.72. The first-order valence-electron chi connectivity index (χ1n) is 9.37. The number of likely N-dealkylation sites (N-methyl/N-ethyl adjacent to an activating group) is 1.